The number of halogens is 6. The summed E-state index contributed by atoms with van der Waals surface area (Å²) in [5.41, 5.74) is -1.58. The summed E-state index contributed by atoms with van der Waals surface area (Å²) in [5.74, 6) is 0. The minimum atomic E-state index is -4.67. The van der Waals surface area contributed by atoms with Crippen molar-refractivity contribution in [1.82, 2.24) is 0 Å². The fourth-order valence-electron chi connectivity index (χ4n) is 2.15. The smallest absolute Gasteiger partial charge is 0.166 e. The van der Waals surface area contributed by atoms with Gasteiger partial charge in [0.25, 0.3) is 0 Å². The van der Waals surface area contributed by atoms with Crippen molar-refractivity contribution < 1.29 is 26.3 Å². The normalized spacial score (nSPS) is 12.5. The number of benzene rings is 2. The molecule has 0 aliphatic rings. The van der Waals surface area contributed by atoms with Crippen molar-refractivity contribution in [1.29, 1.82) is 0 Å². The number of alkyl halides is 6. The third-order valence-electron chi connectivity index (χ3n) is 3.26. The van der Waals surface area contributed by atoms with E-state index in [-0.39, 0.29) is 11.1 Å². The van der Waals surface area contributed by atoms with Gasteiger partial charge in [-0.05, 0) is 60.4 Å². The Bertz CT molecular complexity index is 695. The fraction of sp³-hybridized carbons (Fsp3) is 0.250. The number of aryl methyl sites for hydroxylation is 2. The summed E-state index contributed by atoms with van der Waals surface area (Å²) >= 11 is 0. The van der Waals surface area contributed by atoms with Gasteiger partial charge < -0.3 is 0 Å². The van der Waals surface area contributed by atoms with E-state index in [9.17, 15) is 26.3 Å². The van der Waals surface area contributed by atoms with Crippen LogP contribution in [-0.4, -0.2) is 0 Å². The lowest BCUT2D eigenvalue weighted by Gasteiger charge is -2.17. The van der Waals surface area contributed by atoms with Crippen LogP contribution < -0.4 is 0 Å². The first-order valence-electron chi connectivity index (χ1n) is 6.28. The van der Waals surface area contributed by atoms with Gasteiger partial charge in [0, 0.05) is 0 Å². The van der Waals surface area contributed by atoms with Gasteiger partial charge in [-0.3, -0.25) is 0 Å². The number of hydrogen-bond acceptors (Lipinski definition) is 0. The molecule has 0 unspecified atom stereocenters. The van der Waals surface area contributed by atoms with Crippen LogP contribution in [0.2, 0.25) is 0 Å². The van der Waals surface area contributed by atoms with E-state index < -0.39 is 23.5 Å². The summed E-state index contributed by atoms with van der Waals surface area (Å²) in [6.45, 7) is 3.01. The topological polar surface area (TPSA) is 0 Å². The monoisotopic (exact) mass is 317 g/mol. The summed E-state index contributed by atoms with van der Waals surface area (Å²) < 4.78 is 77.7. The van der Waals surface area contributed by atoms with E-state index in [1.807, 2.05) is 0 Å². The molecule has 0 atom stereocenters. The van der Waals surface area contributed by atoms with Gasteiger partial charge in [0.05, 0.1) is 11.1 Å². The van der Waals surface area contributed by atoms with Crippen molar-refractivity contribution in [3.63, 3.8) is 0 Å². The summed E-state index contributed by atoms with van der Waals surface area (Å²) in [7, 11) is 0. The third kappa shape index (κ3) is 3.26. The Labute approximate surface area is 123 Å². The van der Waals surface area contributed by atoms with Crippen molar-refractivity contribution in [3.8, 4) is 11.1 Å². The highest BCUT2D eigenvalue weighted by atomic mass is 19.4. The largest absolute Gasteiger partial charge is 0.417 e. The fourth-order valence-corrected chi connectivity index (χ4v) is 2.15. The summed E-state index contributed by atoms with van der Waals surface area (Å²) in [4.78, 5) is 0. The molecule has 0 bridgehead atoms. The van der Waals surface area contributed by atoms with E-state index in [1.165, 1.54) is 26.0 Å². The van der Waals surface area contributed by atoms with Crippen LogP contribution in [0.4, 0.5) is 26.3 Å². The van der Waals surface area contributed by atoms with Crippen LogP contribution in [-0.2, 0) is 12.4 Å². The predicted octanol–water partition coefficient (Wildman–Crippen LogP) is 5.81. The van der Waals surface area contributed by atoms with Crippen LogP contribution in [0.5, 0.6) is 0 Å². The molecule has 0 aliphatic heterocycles. The number of rotatable bonds is 1. The molecular weight excluding hydrogens is 306 g/mol. The molecule has 2 rings (SSSR count). The average molecular weight is 317 g/mol. The predicted molar refractivity (Wildman–Crippen MR) is 70.2 cm³/mol. The summed E-state index contributed by atoms with van der Waals surface area (Å²) in [5, 5.41) is 0. The maximum absolute atomic E-state index is 13.1. The Morgan fingerprint density at radius 1 is 0.818 bits per heavy atom. The maximum atomic E-state index is 13.1. The standard InChI is InChI=1S/C16H11F6/c1-9-3-6-14(16(20,21)22)13(7-9)12-8-11(15(17,18)19)5-4-10(12)2/h4-8H,1-2H3. The minimum absolute atomic E-state index is 0.0840. The van der Waals surface area contributed by atoms with E-state index in [0.29, 0.717) is 11.1 Å². The highest BCUT2D eigenvalue weighted by Gasteiger charge is 2.35. The van der Waals surface area contributed by atoms with E-state index in [0.717, 1.165) is 18.2 Å². The van der Waals surface area contributed by atoms with E-state index in [1.54, 1.807) is 0 Å². The zero-order valence-corrected chi connectivity index (χ0v) is 11.7. The minimum Gasteiger partial charge on any atom is -0.166 e. The van der Waals surface area contributed by atoms with E-state index in [2.05, 4.69) is 6.07 Å². The van der Waals surface area contributed by atoms with Gasteiger partial charge in [-0.2, -0.15) is 26.3 Å². The Hall–Kier alpha value is -1.98. The lowest BCUT2D eigenvalue weighted by molar-refractivity contribution is -0.137. The molecule has 0 aliphatic carbocycles. The third-order valence-corrected chi connectivity index (χ3v) is 3.26. The molecule has 117 valence electrons. The summed E-state index contributed by atoms with van der Waals surface area (Å²) in [6.07, 6.45) is -9.28. The van der Waals surface area contributed by atoms with Crippen molar-refractivity contribution in [3.05, 3.63) is 58.7 Å². The van der Waals surface area contributed by atoms with E-state index >= 15 is 0 Å². The first-order chi connectivity index (χ1) is 10.00. The van der Waals surface area contributed by atoms with Gasteiger partial charge in [-0.1, -0.05) is 12.1 Å². The Morgan fingerprint density at radius 2 is 1.45 bits per heavy atom. The molecule has 0 nitrogen and oxygen atoms in total. The molecule has 1 radical (unpaired) electrons. The molecule has 0 saturated heterocycles. The molecule has 2 aromatic carbocycles. The number of hydrogen-bond donors (Lipinski definition) is 0. The Kier molecular flexibility index (Phi) is 3.98. The zero-order chi connectivity index (χ0) is 16.7. The van der Waals surface area contributed by atoms with Crippen molar-refractivity contribution in [2.75, 3.05) is 0 Å². The quantitative estimate of drug-likeness (QED) is 0.582. The molecular formula is C16H11F6. The van der Waals surface area contributed by atoms with Crippen molar-refractivity contribution in [2.45, 2.75) is 26.2 Å². The molecule has 0 heterocycles. The first-order valence-corrected chi connectivity index (χ1v) is 6.28. The second kappa shape index (κ2) is 5.34. The first kappa shape index (κ1) is 16.4. The Balaban J connectivity index is 2.74. The molecule has 0 fully saturated rings. The van der Waals surface area contributed by atoms with Gasteiger partial charge in [-0.25, -0.2) is 0 Å². The van der Waals surface area contributed by atoms with Gasteiger partial charge in [0.15, 0.2) is 0 Å². The second-order valence-corrected chi connectivity index (χ2v) is 4.97. The van der Waals surface area contributed by atoms with Gasteiger partial charge in [0.1, 0.15) is 0 Å². The SMILES string of the molecule is Cc1[c]cc(C(F)(F)F)c(-c2cc(C(F)(F)F)ccc2C)c1. The molecule has 0 spiro atoms. The van der Waals surface area contributed by atoms with Crippen LogP contribution in [0.15, 0.2) is 30.3 Å². The Morgan fingerprint density at radius 3 is 2.00 bits per heavy atom. The van der Waals surface area contributed by atoms with Crippen LogP contribution >= 0.6 is 0 Å². The van der Waals surface area contributed by atoms with Crippen LogP contribution in [0.25, 0.3) is 11.1 Å². The molecule has 0 amide bonds. The second-order valence-electron chi connectivity index (χ2n) is 4.97. The summed E-state index contributed by atoms with van der Waals surface area (Å²) in [6, 6.07) is 7.18. The average Bonchev–Trinajstić information content (AvgIpc) is 2.36. The molecule has 22 heavy (non-hydrogen) atoms. The van der Waals surface area contributed by atoms with Gasteiger partial charge in [-0.15, -0.1) is 0 Å². The van der Waals surface area contributed by atoms with Gasteiger partial charge in [0.2, 0.25) is 0 Å². The highest BCUT2D eigenvalue weighted by Crippen LogP contribution is 2.40. The van der Waals surface area contributed by atoms with Crippen LogP contribution in [0.3, 0.4) is 0 Å². The van der Waals surface area contributed by atoms with Crippen molar-refractivity contribution in [2.24, 2.45) is 0 Å². The van der Waals surface area contributed by atoms with Crippen LogP contribution in [0.1, 0.15) is 22.3 Å². The molecule has 0 aromatic heterocycles. The molecule has 6 heteroatoms. The maximum Gasteiger partial charge on any atom is 0.417 e. The van der Waals surface area contributed by atoms with Crippen molar-refractivity contribution >= 4 is 0 Å². The highest BCUT2D eigenvalue weighted by molar-refractivity contribution is 5.72. The van der Waals surface area contributed by atoms with Gasteiger partial charge >= 0.3 is 12.4 Å². The molecule has 2 aromatic rings. The van der Waals surface area contributed by atoms with Crippen LogP contribution in [0, 0.1) is 19.9 Å². The lowest BCUT2D eigenvalue weighted by atomic mass is 9.92. The zero-order valence-electron chi connectivity index (χ0n) is 11.7. The molecule has 0 saturated carbocycles. The molecule has 0 N–H and O–H groups in total. The van der Waals surface area contributed by atoms with E-state index in [4.69, 9.17) is 0 Å². The lowest BCUT2D eigenvalue weighted by Crippen LogP contribution is -2.09.